The minimum absolute atomic E-state index is 0.136. The maximum Gasteiger partial charge on any atom is 0.327 e. The number of hydrogen-bond donors (Lipinski definition) is 1. The molecule has 0 radical (unpaired) electrons. The van der Waals surface area contributed by atoms with E-state index in [-0.39, 0.29) is 23.2 Å². The number of nitriles is 1. The van der Waals surface area contributed by atoms with Gasteiger partial charge in [0.25, 0.3) is 0 Å². The molecule has 0 bridgehead atoms. The first-order valence-electron chi connectivity index (χ1n) is 6.57. The molecule has 7 heteroatoms. The zero-order valence-corrected chi connectivity index (χ0v) is 13.1. The Kier molecular flexibility index (Phi) is 5.69. The second-order valence-corrected chi connectivity index (χ2v) is 6.57. The Morgan fingerprint density at radius 2 is 2.10 bits per heavy atom. The first kappa shape index (κ1) is 16.6. The summed E-state index contributed by atoms with van der Waals surface area (Å²) in [5.74, 6) is -0.670. The van der Waals surface area contributed by atoms with Crippen LogP contribution < -0.4 is 0 Å². The second-order valence-electron chi connectivity index (χ2n) is 5.42. The Bertz CT molecular complexity index is 422. The summed E-state index contributed by atoms with van der Waals surface area (Å²) >= 11 is 1.50. The molecule has 2 amide bonds. The Balaban J connectivity index is 2.89. The topological polar surface area (TPSA) is 84.6 Å². The molecule has 1 heterocycles. The van der Waals surface area contributed by atoms with Crippen molar-refractivity contribution in [2.45, 2.75) is 32.2 Å². The lowest BCUT2D eigenvalue weighted by molar-refractivity contribution is -0.141. The minimum Gasteiger partial charge on any atom is -0.480 e. The van der Waals surface area contributed by atoms with Crippen LogP contribution in [0.25, 0.3) is 0 Å². The third-order valence-corrected chi connectivity index (χ3v) is 4.83. The predicted molar refractivity (Wildman–Crippen MR) is 77.1 cm³/mol. The van der Waals surface area contributed by atoms with Gasteiger partial charge in [-0.25, -0.2) is 9.59 Å². The normalized spacial score (nSPS) is 23.5. The van der Waals surface area contributed by atoms with Gasteiger partial charge in [0.2, 0.25) is 0 Å². The highest BCUT2D eigenvalue weighted by Gasteiger charge is 2.43. The monoisotopic (exact) mass is 299 g/mol. The van der Waals surface area contributed by atoms with Crippen molar-refractivity contribution < 1.29 is 14.7 Å². The van der Waals surface area contributed by atoms with Crippen molar-refractivity contribution in [2.24, 2.45) is 11.8 Å². The lowest BCUT2D eigenvalue weighted by Crippen LogP contribution is -2.52. The van der Waals surface area contributed by atoms with E-state index in [9.17, 15) is 14.7 Å². The molecule has 0 aromatic rings. The number of nitrogens with zero attached hydrogens (tertiary/aromatic N) is 3. The van der Waals surface area contributed by atoms with E-state index in [0.29, 0.717) is 12.3 Å². The Morgan fingerprint density at radius 1 is 1.50 bits per heavy atom. The van der Waals surface area contributed by atoms with Crippen LogP contribution in [0.1, 0.15) is 20.8 Å². The van der Waals surface area contributed by atoms with E-state index in [1.807, 2.05) is 13.8 Å². The van der Waals surface area contributed by atoms with E-state index in [2.05, 4.69) is 6.07 Å². The third kappa shape index (κ3) is 3.57. The largest absolute Gasteiger partial charge is 0.480 e. The van der Waals surface area contributed by atoms with E-state index in [1.54, 1.807) is 14.0 Å². The Morgan fingerprint density at radius 3 is 2.55 bits per heavy atom. The lowest BCUT2D eigenvalue weighted by atomic mass is 10.1. The molecule has 1 N–H and O–H groups in total. The van der Waals surface area contributed by atoms with Gasteiger partial charge in [0.05, 0.1) is 17.4 Å². The molecule has 1 aliphatic rings. The molecule has 0 saturated carbocycles. The van der Waals surface area contributed by atoms with E-state index >= 15 is 0 Å². The van der Waals surface area contributed by atoms with Crippen molar-refractivity contribution in [1.29, 1.82) is 5.26 Å². The average molecular weight is 299 g/mol. The van der Waals surface area contributed by atoms with E-state index in [0.717, 1.165) is 0 Å². The molecule has 1 fully saturated rings. The number of rotatable bonds is 4. The van der Waals surface area contributed by atoms with Gasteiger partial charge in [-0.05, 0) is 12.8 Å². The summed E-state index contributed by atoms with van der Waals surface area (Å²) in [6, 6.07) is 0.967. The zero-order valence-electron chi connectivity index (χ0n) is 12.2. The molecule has 1 saturated heterocycles. The van der Waals surface area contributed by atoms with Crippen molar-refractivity contribution in [3.05, 3.63) is 0 Å². The van der Waals surface area contributed by atoms with Crippen LogP contribution >= 0.6 is 11.8 Å². The fraction of sp³-hybridized carbons (Fsp3) is 0.769. The molecule has 1 aliphatic heterocycles. The molecule has 3 unspecified atom stereocenters. The van der Waals surface area contributed by atoms with Crippen molar-refractivity contribution in [3.63, 3.8) is 0 Å². The maximum absolute atomic E-state index is 12.5. The van der Waals surface area contributed by atoms with E-state index in [1.165, 1.54) is 21.6 Å². The maximum atomic E-state index is 12.5. The molecule has 112 valence electrons. The molecule has 6 nitrogen and oxygen atoms in total. The number of urea groups is 1. The van der Waals surface area contributed by atoms with Crippen LogP contribution in [0, 0.1) is 23.2 Å². The minimum atomic E-state index is -0.976. The first-order chi connectivity index (χ1) is 9.29. The number of carboxylic acids is 1. The Hall–Kier alpha value is -1.42. The summed E-state index contributed by atoms with van der Waals surface area (Å²) in [4.78, 5) is 26.7. The van der Waals surface area contributed by atoms with Crippen molar-refractivity contribution >= 4 is 23.8 Å². The van der Waals surface area contributed by atoms with Gasteiger partial charge >= 0.3 is 12.0 Å². The molecule has 0 aromatic heterocycles. The van der Waals surface area contributed by atoms with Gasteiger partial charge in [-0.15, -0.1) is 11.8 Å². The van der Waals surface area contributed by atoms with Crippen LogP contribution in [-0.2, 0) is 4.79 Å². The number of carbonyl (C=O) groups is 2. The van der Waals surface area contributed by atoms with Gasteiger partial charge in [-0.2, -0.15) is 5.26 Å². The number of thioether (sulfide) groups is 1. The van der Waals surface area contributed by atoms with Crippen LogP contribution in [0.5, 0.6) is 0 Å². The molecule has 3 atom stereocenters. The van der Waals surface area contributed by atoms with Crippen LogP contribution in [0.15, 0.2) is 0 Å². The van der Waals surface area contributed by atoms with Crippen molar-refractivity contribution in [2.75, 3.05) is 19.3 Å². The van der Waals surface area contributed by atoms with Gasteiger partial charge in [0.15, 0.2) is 0 Å². The fourth-order valence-electron chi connectivity index (χ4n) is 2.20. The summed E-state index contributed by atoms with van der Waals surface area (Å²) < 4.78 is 0. The summed E-state index contributed by atoms with van der Waals surface area (Å²) in [7, 11) is 1.61. The molecule has 0 spiro atoms. The number of aliphatic carboxylic acids is 1. The molecule has 0 aromatic carbocycles. The van der Waals surface area contributed by atoms with Gasteiger partial charge < -0.3 is 10.0 Å². The first-order valence-corrected chi connectivity index (χ1v) is 7.61. The SMILES string of the molecule is CC(C#N)CN(C)C(=O)N1C(C(=O)O)CSC1C(C)C. The summed E-state index contributed by atoms with van der Waals surface area (Å²) in [6.07, 6.45) is 0. The average Bonchev–Trinajstić information content (AvgIpc) is 2.82. The smallest absolute Gasteiger partial charge is 0.327 e. The van der Waals surface area contributed by atoms with Gasteiger partial charge in [0, 0.05) is 19.3 Å². The van der Waals surface area contributed by atoms with E-state index < -0.39 is 12.0 Å². The van der Waals surface area contributed by atoms with Crippen molar-refractivity contribution in [3.8, 4) is 6.07 Å². The van der Waals surface area contributed by atoms with Crippen molar-refractivity contribution in [1.82, 2.24) is 9.80 Å². The highest BCUT2D eigenvalue weighted by atomic mass is 32.2. The third-order valence-electron chi connectivity index (χ3n) is 3.21. The zero-order chi connectivity index (χ0) is 15.4. The number of amides is 2. The van der Waals surface area contributed by atoms with Crippen LogP contribution in [0.2, 0.25) is 0 Å². The van der Waals surface area contributed by atoms with Gasteiger partial charge in [-0.3, -0.25) is 4.90 Å². The predicted octanol–water partition coefficient (Wildman–Crippen LogP) is 1.68. The van der Waals surface area contributed by atoms with E-state index in [4.69, 9.17) is 5.26 Å². The molecule has 1 rings (SSSR count). The van der Waals surface area contributed by atoms with Crippen LogP contribution in [0.3, 0.4) is 0 Å². The molecule has 0 aliphatic carbocycles. The van der Waals surface area contributed by atoms with Gasteiger partial charge in [0.1, 0.15) is 6.04 Å². The standard InChI is InChI=1S/C13H21N3O3S/c1-8(2)11-16(10(7-20-11)12(17)18)13(19)15(4)6-9(3)5-14/h8-11H,6-7H2,1-4H3,(H,17,18). The lowest BCUT2D eigenvalue weighted by Gasteiger charge is -2.33. The summed E-state index contributed by atoms with van der Waals surface area (Å²) in [6.45, 7) is 5.98. The summed E-state index contributed by atoms with van der Waals surface area (Å²) in [5, 5.41) is 17.9. The number of carboxylic acid groups (broad SMARTS) is 1. The Labute approximate surface area is 123 Å². The number of carbonyl (C=O) groups excluding carboxylic acids is 1. The second kappa shape index (κ2) is 6.84. The highest BCUT2D eigenvalue weighted by Crippen LogP contribution is 2.34. The van der Waals surface area contributed by atoms with Crippen LogP contribution in [0.4, 0.5) is 4.79 Å². The molecule has 20 heavy (non-hydrogen) atoms. The molecular formula is C13H21N3O3S. The fourth-order valence-corrected chi connectivity index (χ4v) is 3.67. The quantitative estimate of drug-likeness (QED) is 0.853. The van der Waals surface area contributed by atoms with Gasteiger partial charge in [-0.1, -0.05) is 13.8 Å². The summed E-state index contributed by atoms with van der Waals surface area (Å²) in [5.41, 5.74) is 0. The molecular weight excluding hydrogens is 278 g/mol. The van der Waals surface area contributed by atoms with Crippen LogP contribution in [-0.4, -0.2) is 57.7 Å². The highest BCUT2D eigenvalue weighted by molar-refractivity contribution is 8.00. The number of hydrogen-bond acceptors (Lipinski definition) is 4.